The molecule has 0 bridgehead atoms. The molecule has 0 aromatic heterocycles. The first-order valence-electron chi connectivity index (χ1n) is 6.83. The van der Waals surface area contributed by atoms with Crippen LogP contribution in [0.25, 0.3) is 0 Å². The number of nitriles is 1. The van der Waals surface area contributed by atoms with Gasteiger partial charge in [-0.1, -0.05) is 50.2 Å². The second-order valence-electron chi connectivity index (χ2n) is 5.76. The molecule has 2 aromatic rings. The summed E-state index contributed by atoms with van der Waals surface area (Å²) in [5.74, 6) is 0. The summed E-state index contributed by atoms with van der Waals surface area (Å²) in [5, 5.41) is 12.6. The van der Waals surface area contributed by atoms with E-state index in [-0.39, 0.29) is 5.41 Å². The number of anilines is 1. The van der Waals surface area contributed by atoms with Crippen LogP contribution in [0, 0.1) is 18.3 Å². The molecule has 0 aliphatic rings. The van der Waals surface area contributed by atoms with E-state index in [9.17, 15) is 5.26 Å². The Morgan fingerprint density at radius 1 is 1.10 bits per heavy atom. The third kappa shape index (κ3) is 3.19. The Morgan fingerprint density at radius 3 is 2.45 bits per heavy atom. The average Bonchev–Trinajstić information content (AvgIpc) is 2.46. The Morgan fingerprint density at radius 2 is 1.80 bits per heavy atom. The smallest absolute Gasteiger partial charge is 0.101 e. The lowest BCUT2D eigenvalue weighted by molar-refractivity contribution is 0.557. The van der Waals surface area contributed by atoms with Gasteiger partial charge in [0.05, 0.1) is 11.3 Å². The van der Waals surface area contributed by atoms with E-state index >= 15 is 0 Å². The maximum absolute atomic E-state index is 9.20. The third-order valence-corrected chi connectivity index (χ3v) is 3.57. The Labute approximate surface area is 121 Å². The van der Waals surface area contributed by atoms with Crippen molar-refractivity contribution in [1.29, 1.82) is 5.26 Å². The second-order valence-corrected chi connectivity index (χ2v) is 5.76. The number of nitrogens with zero attached hydrogens (tertiary/aromatic N) is 1. The minimum absolute atomic E-state index is 0.0128. The fourth-order valence-electron chi connectivity index (χ4n) is 2.21. The van der Waals surface area contributed by atoms with Gasteiger partial charge in [0.25, 0.3) is 0 Å². The predicted molar refractivity (Wildman–Crippen MR) is 83.9 cm³/mol. The SMILES string of the molecule is Cc1ccc(NCC(C)(C)c2ccccc2)c(C#N)c1. The van der Waals surface area contributed by atoms with Crippen LogP contribution in [0.15, 0.2) is 48.5 Å². The summed E-state index contributed by atoms with van der Waals surface area (Å²) in [6.07, 6.45) is 0. The van der Waals surface area contributed by atoms with Crippen molar-refractivity contribution in [1.82, 2.24) is 0 Å². The summed E-state index contributed by atoms with van der Waals surface area (Å²) in [6, 6.07) is 18.6. The van der Waals surface area contributed by atoms with Crippen molar-refractivity contribution in [3.63, 3.8) is 0 Å². The van der Waals surface area contributed by atoms with Gasteiger partial charge in [-0.05, 0) is 30.2 Å². The van der Waals surface area contributed by atoms with Crippen molar-refractivity contribution in [3.8, 4) is 6.07 Å². The van der Waals surface area contributed by atoms with Gasteiger partial charge in [-0.25, -0.2) is 0 Å². The first kappa shape index (κ1) is 14.1. The normalized spacial score (nSPS) is 10.9. The summed E-state index contributed by atoms with van der Waals surface area (Å²) in [4.78, 5) is 0. The summed E-state index contributed by atoms with van der Waals surface area (Å²) >= 11 is 0. The maximum atomic E-state index is 9.20. The predicted octanol–water partition coefficient (Wildman–Crippen LogP) is 4.26. The minimum atomic E-state index is 0.0128. The summed E-state index contributed by atoms with van der Waals surface area (Å²) < 4.78 is 0. The number of rotatable bonds is 4. The number of hydrogen-bond acceptors (Lipinski definition) is 2. The van der Waals surface area contributed by atoms with E-state index < -0.39 is 0 Å². The van der Waals surface area contributed by atoms with E-state index in [4.69, 9.17) is 0 Å². The van der Waals surface area contributed by atoms with Gasteiger partial charge in [-0.15, -0.1) is 0 Å². The quantitative estimate of drug-likeness (QED) is 0.895. The van der Waals surface area contributed by atoms with Crippen LogP contribution in [0.5, 0.6) is 0 Å². The van der Waals surface area contributed by atoms with Gasteiger partial charge in [-0.2, -0.15) is 5.26 Å². The molecule has 0 spiro atoms. The van der Waals surface area contributed by atoms with Crippen LogP contribution in [-0.2, 0) is 5.41 Å². The second kappa shape index (κ2) is 5.79. The van der Waals surface area contributed by atoms with Crippen LogP contribution in [0.3, 0.4) is 0 Å². The van der Waals surface area contributed by atoms with Crippen LogP contribution >= 0.6 is 0 Å². The molecule has 0 atom stereocenters. The molecule has 102 valence electrons. The van der Waals surface area contributed by atoms with Crippen molar-refractivity contribution < 1.29 is 0 Å². The monoisotopic (exact) mass is 264 g/mol. The first-order chi connectivity index (χ1) is 9.53. The fraction of sp³-hybridized carbons (Fsp3) is 0.278. The lowest BCUT2D eigenvalue weighted by Gasteiger charge is -2.26. The van der Waals surface area contributed by atoms with Crippen LogP contribution in [0.1, 0.15) is 30.5 Å². The highest BCUT2D eigenvalue weighted by molar-refractivity contribution is 5.58. The fourth-order valence-corrected chi connectivity index (χ4v) is 2.21. The summed E-state index contributed by atoms with van der Waals surface area (Å²) in [6.45, 7) is 7.19. The van der Waals surface area contributed by atoms with Gasteiger partial charge < -0.3 is 5.32 Å². The van der Waals surface area contributed by atoms with Crippen LogP contribution in [0.4, 0.5) is 5.69 Å². The van der Waals surface area contributed by atoms with Crippen LogP contribution in [-0.4, -0.2) is 6.54 Å². The molecular formula is C18H20N2. The van der Waals surface area contributed by atoms with E-state index in [0.717, 1.165) is 17.8 Å². The van der Waals surface area contributed by atoms with Crippen molar-refractivity contribution in [2.45, 2.75) is 26.2 Å². The number of benzene rings is 2. The Kier molecular flexibility index (Phi) is 4.10. The van der Waals surface area contributed by atoms with Crippen molar-refractivity contribution in [2.24, 2.45) is 0 Å². The van der Waals surface area contributed by atoms with Gasteiger partial charge in [0.15, 0.2) is 0 Å². The number of nitrogens with one attached hydrogen (secondary N) is 1. The number of aryl methyl sites for hydroxylation is 1. The van der Waals surface area contributed by atoms with Gasteiger partial charge in [0, 0.05) is 12.0 Å². The molecule has 2 rings (SSSR count). The zero-order valence-corrected chi connectivity index (χ0v) is 12.3. The molecule has 20 heavy (non-hydrogen) atoms. The summed E-state index contributed by atoms with van der Waals surface area (Å²) in [5.41, 5.74) is 4.02. The van der Waals surface area contributed by atoms with Crippen molar-refractivity contribution in [2.75, 3.05) is 11.9 Å². The van der Waals surface area contributed by atoms with Gasteiger partial charge in [-0.3, -0.25) is 0 Å². The topological polar surface area (TPSA) is 35.8 Å². The van der Waals surface area contributed by atoms with Gasteiger partial charge >= 0.3 is 0 Å². The molecule has 0 fully saturated rings. The molecule has 1 N–H and O–H groups in total. The highest BCUT2D eigenvalue weighted by Gasteiger charge is 2.20. The van der Waals surface area contributed by atoms with E-state index in [1.807, 2.05) is 31.2 Å². The Bertz CT molecular complexity index is 622. The largest absolute Gasteiger partial charge is 0.383 e. The molecule has 0 saturated carbocycles. The molecule has 2 nitrogen and oxygen atoms in total. The molecular weight excluding hydrogens is 244 g/mol. The van der Waals surface area contributed by atoms with Gasteiger partial charge in [0.1, 0.15) is 6.07 Å². The van der Waals surface area contributed by atoms with Gasteiger partial charge in [0.2, 0.25) is 0 Å². The van der Waals surface area contributed by atoms with E-state index in [1.54, 1.807) is 0 Å². The molecule has 2 aromatic carbocycles. The standard InChI is InChI=1S/C18H20N2/c1-14-9-10-17(15(11-14)12-19)20-13-18(2,3)16-7-5-4-6-8-16/h4-11,20H,13H2,1-3H3. The van der Waals surface area contributed by atoms with Crippen LogP contribution in [0.2, 0.25) is 0 Å². The van der Waals surface area contributed by atoms with E-state index in [0.29, 0.717) is 5.56 Å². The summed E-state index contributed by atoms with van der Waals surface area (Å²) in [7, 11) is 0. The molecule has 0 saturated heterocycles. The Balaban J connectivity index is 2.15. The van der Waals surface area contributed by atoms with Crippen molar-refractivity contribution in [3.05, 3.63) is 65.2 Å². The van der Waals surface area contributed by atoms with E-state index in [1.165, 1.54) is 5.56 Å². The molecule has 0 amide bonds. The minimum Gasteiger partial charge on any atom is -0.383 e. The molecule has 2 heteroatoms. The average molecular weight is 264 g/mol. The molecule has 0 aliphatic carbocycles. The molecule has 0 heterocycles. The zero-order valence-electron chi connectivity index (χ0n) is 12.3. The highest BCUT2D eigenvalue weighted by Crippen LogP contribution is 2.24. The maximum Gasteiger partial charge on any atom is 0.101 e. The Hall–Kier alpha value is -2.27. The van der Waals surface area contributed by atoms with E-state index in [2.05, 4.69) is 49.5 Å². The van der Waals surface area contributed by atoms with Crippen LogP contribution < -0.4 is 5.32 Å². The lowest BCUT2D eigenvalue weighted by atomic mass is 9.84. The third-order valence-electron chi connectivity index (χ3n) is 3.57. The van der Waals surface area contributed by atoms with Crippen molar-refractivity contribution >= 4 is 5.69 Å². The molecule has 0 unspecified atom stereocenters. The highest BCUT2D eigenvalue weighted by atomic mass is 14.9. The molecule has 0 aliphatic heterocycles. The first-order valence-corrected chi connectivity index (χ1v) is 6.83. The molecule has 0 radical (unpaired) electrons. The number of hydrogen-bond donors (Lipinski definition) is 1. The zero-order chi connectivity index (χ0) is 14.6. The lowest BCUT2D eigenvalue weighted by Crippen LogP contribution is -2.27.